The Morgan fingerprint density at radius 3 is 2.93 bits per heavy atom. The van der Waals surface area contributed by atoms with Crippen LogP contribution in [0.4, 0.5) is 4.39 Å². The molecule has 2 rings (SSSR count). The van der Waals surface area contributed by atoms with Gasteiger partial charge in [0.1, 0.15) is 5.82 Å². The molecule has 0 saturated heterocycles. The summed E-state index contributed by atoms with van der Waals surface area (Å²) in [6, 6.07) is 3.29. The van der Waals surface area contributed by atoms with Crippen molar-refractivity contribution in [2.24, 2.45) is 5.73 Å². The second-order valence-electron chi connectivity index (χ2n) is 3.29. The fourth-order valence-electron chi connectivity index (χ4n) is 1.26. The van der Waals surface area contributed by atoms with Crippen LogP contribution in [0.3, 0.4) is 0 Å². The van der Waals surface area contributed by atoms with E-state index in [0.717, 1.165) is 6.07 Å². The lowest BCUT2D eigenvalue weighted by molar-refractivity contribution is 0.418. The van der Waals surface area contributed by atoms with Crippen molar-refractivity contribution >= 4 is 10.9 Å². The van der Waals surface area contributed by atoms with E-state index in [-0.39, 0.29) is 11.3 Å². The predicted octanol–water partition coefficient (Wildman–Crippen LogP) is 1.35. The lowest BCUT2D eigenvalue weighted by atomic mass is 10.2. The van der Waals surface area contributed by atoms with Crippen molar-refractivity contribution < 1.29 is 8.81 Å². The van der Waals surface area contributed by atoms with Gasteiger partial charge in [0, 0.05) is 0 Å². The van der Waals surface area contributed by atoms with Gasteiger partial charge in [-0.1, -0.05) is 0 Å². The highest BCUT2D eigenvalue weighted by molar-refractivity contribution is 5.76. The molecule has 0 radical (unpaired) electrons. The molecule has 1 aromatic carbocycles. The van der Waals surface area contributed by atoms with E-state index in [0.29, 0.717) is 5.52 Å². The van der Waals surface area contributed by atoms with Crippen molar-refractivity contribution in [3.63, 3.8) is 0 Å². The Morgan fingerprint density at radius 1 is 1.53 bits per heavy atom. The molecule has 1 atom stereocenters. The quantitative estimate of drug-likeness (QED) is 0.767. The van der Waals surface area contributed by atoms with Gasteiger partial charge in [-0.05, 0) is 25.1 Å². The van der Waals surface area contributed by atoms with Gasteiger partial charge in [-0.2, -0.15) is 0 Å². The largest absolute Gasteiger partial charge is 0.406 e. The molecule has 1 heterocycles. The van der Waals surface area contributed by atoms with Crippen molar-refractivity contribution in [3.8, 4) is 0 Å². The second-order valence-corrected chi connectivity index (χ2v) is 3.29. The maximum Gasteiger partial charge on any atom is 0.346 e. The number of aromatic nitrogens is 1. The molecule has 2 N–H and O–H groups in total. The first-order valence-electron chi connectivity index (χ1n) is 4.44. The summed E-state index contributed by atoms with van der Waals surface area (Å²) < 4.78 is 17.7. The van der Waals surface area contributed by atoms with Gasteiger partial charge in [-0.25, -0.2) is 14.2 Å². The molecule has 0 aliphatic heterocycles. The lowest BCUT2D eigenvalue weighted by Gasteiger charge is -2.03. The summed E-state index contributed by atoms with van der Waals surface area (Å²) in [5.74, 6) is -0.343. The van der Waals surface area contributed by atoms with Crippen LogP contribution < -0.4 is 11.4 Å². The van der Waals surface area contributed by atoms with Gasteiger partial charge in [0.05, 0.1) is 16.9 Å². The Balaban J connectivity index is 2.79. The third-order valence-electron chi connectivity index (χ3n) is 2.00. The number of benzene rings is 1. The fourth-order valence-corrected chi connectivity index (χ4v) is 1.26. The van der Waals surface area contributed by atoms with Crippen molar-refractivity contribution in [2.75, 3.05) is 0 Å². The summed E-state index contributed by atoms with van der Waals surface area (Å²) in [6.45, 7) is 1.65. The maximum atomic E-state index is 12.8. The highest BCUT2D eigenvalue weighted by Crippen LogP contribution is 2.12. The molecule has 78 valence electrons. The van der Waals surface area contributed by atoms with Crippen LogP contribution >= 0.6 is 0 Å². The summed E-state index contributed by atoms with van der Waals surface area (Å²) in [4.78, 5) is 15.4. The molecule has 4 nitrogen and oxygen atoms in total. The zero-order chi connectivity index (χ0) is 11.0. The Hall–Kier alpha value is -1.75. The summed E-state index contributed by atoms with van der Waals surface area (Å²) in [5, 5.41) is 0.124. The number of hydrogen-bond acceptors (Lipinski definition) is 4. The van der Waals surface area contributed by atoms with Gasteiger partial charge in [0.2, 0.25) is 5.89 Å². The average Bonchev–Trinajstić information content (AvgIpc) is 2.18. The van der Waals surface area contributed by atoms with Crippen LogP contribution in [0.1, 0.15) is 18.9 Å². The van der Waals surface area contributed by atoms with E-state index in [1.807, 2.05) is 0 Å². The minimum absolute atomic E-state index is 0.124. The van der Waals surface area contributed by atoms with Crippen LogP contribution in [0, 0.1) is 5.82 Å². The molecule has 0 fully saturated rings. The summed E-state index contributed by atoms with van der Waals surface area (Å²) >= 11 is 0. The first-order valence-corrected chi connectivity index (χ1v) is 4.44. The highest BCUT2D eigenvalue weighted by Gasteiger charge is 2.09. The topological polar surface area (TPSA) is 69.1 Å². The van der Waals surface area contributed by atoms with Crippen molar-refractivity contribution in [3.05, 3.63) is 40.3 Å². The van der Waals surface area contributed by atoms with Crippen molar-refractivity contribution in [1.82, 2.24) is 4.98 Å². The Kier molecular flexibility index (Phi) is 2.24. The maximum absolute atomic E-state index is 12.8. The lowest BCUT2D eigenvalue weighted by Crippen LogP contribution is -2.12. The van der Waals surface area contributed by atoms with Gasteiger partial charge in [0.15, 0.2) is 0 Å². The summed E-state index contributed by atoms with van der Waals surface area (Å²) in [6.07, 6.45) is 0. The summed E-state index contributed by atoms with van der Waals surface area (Å²) in [7, 11) is 0. The highest BCUT2D eigenvalue weighted by atomic mass is 19.1. The van der Waals surface area contributed by atoms with Crippen LogP contribution in [0.15, 0.2) is 27.4 Å². The van der Waals surface area contributed by atoms with Crippen LogP contribution in [-0.4, -0.2) is 4.98 Å². The molecule has 0 amide bonds. The number of rotatable bonds is 1. The first kappa shape index (κ1) is 9.79. The number of halogens is 1. The minimum Gasteiger partial charge on any atom is -0.406 e. The van der Waals surface area contributed by atoms with Gasteiger partial charge >= 0.3 is 5.63 Å². The first-order chi connectivity index (χ1) is 7.08. The van der Waals surface area contributed by atoms with E-state index in [4.69, 9.17) is 10.2 Å². The molecule has 0 saturated carbocycles. The zero-order valence-corrected chi connectivity index (χ0v) is 8.03. The second kappa shape index (κ2) is 3.43. The van der Waals surface area contributed by atoms with Gasteiger partial charge in [-0.3, -0.25) is 0 Å². The van der Waals surface area contributed by atoms with E-state index in [9.17, 15) is 9.18 Å². The third kappa shape index (κ3) is 1.73. The van der Waals surface area contributed by atoms with E-state index in [1.54, 1.807) is 6.92 Å². The molecule has 0 spiro atoms. The normalized spacial score (nSPS) is 13.0. The molecular formula is C10H9FN2O2. The van der Waals surface area contributed by atoms with E-state index in [2.05, 4.69) is 4.98 Å². The van der Waals surface area contributed by atoms with Crippen LogP contribution in [0.5, 0.6) is 0 Å². The van der Waals surface area contributed by atoms with Crippen LogP contribution in [-0.2, 0) is 0 Å². The number of nitrogens with two attached hydrogens (primary N) is 1. The SMILES string of the molecule is C[C@H](N)c1nc2ccc(F)cc2c(=O)o1. The number of fused-ring (bicyclic) bond motifs is 1. The molecule has 2 aromatic rings. The molecule has 0 aliphatic rings. The van der Waals surface area contributed by atoms with Crippen LogP contribution in [0.25, 0.3) is 10.9 Å². The van der Waals surface area contributed by atoms with Gasteiger partial charge in [-0.15, -0.1) is 0 Å². The molecule has 0 unspecified atom stereocenters. The van der Waals surface area contributed by atoms with Gasteiger partial charge < -0.3 is 10.2 Å². The fraction of sp³-hybridized carbons (Fsp3) is 0.200. The Labute approximate surface area is 84.5 Å². The molecule has 5 heteroatoms. The number of nitrogens with zero attached hydrogens (tertiary/aromatic N) is 1. The molecule has 0 bridgehead atoms. The van der Waals surface area contributed by atoms with E-state index < -0.39 is 17.5 Å². The van der Waals surface area contributed by atoms with Crippen LogP contribution in [0.2, 0.25) is 0 Å². The third-order valence-corrected chi connectivity index (χ3v) is 2.00. The molecular weight excluding hydrogens is 199 g/mol. The summed E-state index contributed by atoms with van der Waals surface area (Å²) in [5.41, 5.74) is 5.30. The van der Waals surface area contributed by atoms with Crippen molar-refractivity contribution in [1.29, 1.82) is 0 Å². The Morgan fingerprint density at radius 2 is 2.27 bits per heavy atom. The van der Waals surface area contributed by atoms with E-state index >= 15 is 0 Å². The van der Waals surface area contributed by atoms with Gasteiger partial charge in [0.25, 0.3) is 0 Å². The smallest absolute Gasteiger partial charge is 0.346 e. The monoisotopic (exact) mass is 208 g/mol. The molecule has 15 heavy (non-hydrogen) atoms. The Bertz CT molecular complexity index is 563. The molecule has 0 aliphatic carbocycles. The predicted molar refractivity (Wildman–Crippen MR) is 52.8 cm³/mol. The minimum atomic E-state index is -0.619. The van der Waals surface area contributed by atoms with Crippen molar-refractivity contribution in [2.45, 2.75) is 13.0 Å². The standard InChI is InChI=1S/C10H9FN2O2/c1-5(12)9-13-8-3-2-6(11)4-7(8)10(14)15-9/h2-5H,12H2,1H3/t5-/m0/s1. The number of hydrogen-bond donors (Lipinski definition) is 1. The molecule has 1 aromatic heterocycles. The zero-order valence-electron chi connectivity index (χ0n) is 8.03. The van der Waals surface area contributed by atoms with E-state index in [1.165, 1.54) is 12.1 Å². The average molecular weight is 208 g/mol.